The molecule has 0 spiro atoms. The van der Waals surface area contributed by atoms with E-state index in [0.717, 1.165) is 24.0 Å². The summed E-state index contributed by atoms with van der Waals surface area (Å²) in [6.45, 7) is 3.86. The van der Waals surface area contributed by atoms with Crippen LogP contribution in [0.5, 0.6) is 0 Å². The predicted octanol–water partition coefficient (Wildman–Crippen LogP) is 4.15. The lowest BCUT2D eigenvalue weighted by Gasteiger charge is -2.16. The second-order valence-corrected chi connectivity index (χ2v) is 6.87. The number of hydrogen-bond donors (Lipinski definition) is 0. The van der Waals surface area contributed by atoms with Gasteiger partial charge in [0.25, 0.3) is 0 Å². The number of benzene rings is 2. The number of Topliss-reactive ketones (excluding diaryl/α,β-unsaturated/α-hetero) is 1. The Balaban J connectivity index is 1.56. The van der Waals surface area contributed by atoms with Crippen LogP contribution < -0.4 is 0 Å². The first-order valence-corrected chi connectivity index (χ1v) is 8.89. The van der Waals surface area contributed by atoms with Gasteiger partial charge < -0.3 is 4.74 Å². The molecule has 1 aliphatic rings. The summed E-state index contributed by atoms with van der Waals surface area (Å²) in [4.78, 5) is 24.3. The predicted molar refractivity (Wildman–Crippen MR) is 98.0 cm³/mol. The molecular weight excluding hydrogens is 312 g/mol. The summed E-state index contributed by atoms with van der Waals surface area (Å²) in [5.74, 6) is -0.503. The summed E-state index contributed by atoms with van der Waals surface area (Å²) >= 11 is 0. The van der Waals surface area contributed by atoms with Crippen molar-refractivity contribution in [2.45, 2.75) is 46.0 Å². The Bertz CT molecular complexity index is 805. The molecule has 0 radical (unpaired) electrons. The molecule has 0 N–H and O–H groups in total. The van der Waals surface area contributed by atoms with E-state index in [1.54, 1.807) is 0 Å². The highest BCUT2D eigenvalue weighted by molar-refractivity contribution is 5.98. The smallest absolute Gasteiger partial charge is 0.310 e. The van der Waals surface area contributed by atoms with Crippen molar-refractivity contribution in [3.05, 3.63) is 69.8 Å². The van der Waals surface area contributed by atoms with Crippen LogP contribution in [-0.4, -0.2) is 18.4 Å². The van der Waals surface area contributed by atoms with Crippen molar-refractivity contribution in [1.82, 2.24) is 0 Å². The van der Waals surface area contributed by atoms with Crippen LogP contribution in [0.2, 0.25) is 0 Å². The molecule has 0 amide bonds. The summed E-state index contributed by atoms with van der Waals surface area (Å²) in [5.41, 5.74) is 6.50. The highest BCUT2D eigenvalue weighted by Crippen LogP contribution is 2.22. The summed E-state index contributed by atoms with van der Waals surface area (Å²) in [5, 5.41) is 0. The van der Waals surface area contributed by atoms with Gasteiger partial charge in [-0.15, -0.1) is 0 Å². The molecule has 0 saturated carbocycles. The van der Waals surface area contributed by atoms with E-state index in [1.165, 1.54) is 29.5 Å². The Morgan fingerprint density at radius 1 is 0.920 bits per heavy atom. The topological polar surface area (TPSA) is 43.4 Å². The number of ether oxygens (including phenoxy) is 1. The quantitative estimate of drug-likeness (QED) is 0.608. The maximum absolute atomic E-state index is 12.3. The molecule has 0 unspecified atom stereocenters. The second-order valence-electron chi connectivity index (χ2n) is 6.87. The molecular formula is C22H24O3. The zero-order chi connectivity index (χ0) is 17.8. The van der Waals surface area contributed by atoms with E-state index in [2.05, 4.69) is 0 Å². The fourth-order valence-corrected chi connectivity index (χ4v) is 3.27. The fourth-order valence-electron chi connectivity index (χ4n) is 3.27. The molecule has 0 aromatic heterocycles. The molecule has 2 aromatic carbocycles. The van der Waals surface area contributed by atoms with Crippen molar-refractivity contribution in [2.75, 3.05) is 6.61 Å². The zero-order valence-corrected chi connectivity index (χ0v) is 14.9. The molecule has 0 atom stereocenters. The van der Waals surface area contributed by atoms with Gasteiger partial charge in [-0.25, -0.2) is 0 Å². The molecule has 2 aromatic rings. The number of carbonyl (C=O) groups excluding carboxylic acids is 2. The Labute approximate surface area is 149 Å². The monoisotopic (exact) mass is 336 g/mol. The summed E-state index contributed by atoms with van der Waals surface area (Å²) < 4.78 is 5.19. The minimum atomic E-state index is -0.366. The number of esters is 1. The normalized spacial score (nSPS) is 13.2. The van der Waals surface area contributed by atoms with Gasteiger partial charge in [-0.1, -0.05) is 30.3 Å². The number of hydrogen-bond acceptors (Lipinski definition) is 3. The number of rotatable bonds is 5. The minimum absolute atomic E-state index is 0.137. The molecule has 3 heteroatoms. The van der Waals surface area contributed by atoms with Crippen LogP contribution >= 0.6 is 0 Å². The van der Waals surface area contributed by atoms with Crippen molar-refractivity contribution in [1.29, 1.82) is 0 Å². The average molecular weight is 336 g/mol. The first-order valence-electron chi connectivity index (χ1n) is 8.89. The second kappa shape index (κ2) is 7.64. The molecule has 1 aliphatic carbocycles. The first-order chi connectivity index (χ1) is 12.0. The SMILES string of the molecule is Cc1ccc(CC(=O)OCC(=O)c2ccc3c(c2)CCCC3)cc1C. The lowest BCUT2D eigenvalue weighted by atomic mass is 9.90. The van der Waals surface area contributed by atoms with Gasteiger partial charge >= 0.3 is 5.97 Å². The molecule has 0 aliphatic heterocycles. The lowest BCUT2D eigenvalue weighted by Crippen LogP contribution is -2.16. The summed E-state index contributed by atoms with van der Waals surface area (Å²) in [6, 6.07) is 11.8. The molecule has 0 fully saturated rings. The van der Waals surface area contributed by atoms with E-state index in [0.29, 0.717) is 5.56 Å². The molecule has 0 saturated heterocycles. The van der Waals surface area contributed by atoms with Gasteiger partial charge in [-0.05, 0) is 73.4 Å². The Morgan fingerprint density at radius 3 is 2.44 bits per heavy atom. The average Bonchev–Trinajstić information content (AvgIpc) is 2.62. The summed E-state index contributed by atoms with van der Waals surface area (Å²) in [7, 11) is 0. The van der Waals surface area contributed by atoms with E-state index in [9.17, 15) is 9.59 Å². The van der Waals surface area contributed by atoms with E-state index < -0.39 is 0 Å². The number of aryl methyl sites for hydroxylation is 4. The van der Waals surface area contributed by atoms with E-state index in [1.807, 2.05) is 50.2 Å². The number of ketones is 1. The third-order valence-electron chi connectivity index (χ3n) is 4.95. The molecule has 0 heterocycles. The standard InChI is InChI=1S/C22H24O3/c1-15-7-8-17(11-16(15)2)12-22(24)25-14-21(23)20-10-9-18-5-3-4-6-19(18)13-20/h7-11,13H,3-6,12,14H2,1-2H3. The van der Waals surface area contributed by atoms with Crippen LogP contribution in [0.1, 0.15) is 51.0 Å². The van der Waals surface area contributed by atoms with Crippen LogP contribution in [0.4, 0.5) is 0 Å². The molecule has 25 heavy (non-hydrogen) atoms. The van der Waals surface area contributed by atoms with Crippen molar-refractivity contribution in [3.63, 3.8) is 0 Å². The van der Waals surface area contributed by atoms with Gasteiger partial charge in [0.15, 0.2) is 12.4 Å². The Hall–Kier alpha value is -2.42. The summed E-state index contributed by atoms with van der Waals surface area (Å²) in [6.07, 6.45) is 4.71. The maximum Gasteiger partial charge on any atom is 0.310 e. The maximum atomic E-state index is 12.3. The molecule has 0 bridgehead atoms. The lowest BCUT2D eigenvalue weighted by molar-refractivity contribution is -0.141. The molecule has 3 nitrogen and oxygen atoms in total. The van der Waals surface area contributed by atoms with Gasteiger partial charge in [0.2, 0.25) is 0 Å². The minimum Gasteiger partial charge on any atom is -0.457 e. The third-order valence-corrected chi connectivity index (χ3v) is 4.95. The third kappa shape index (κ3) is 4.36. The molecule has 3 rings (SSSR count). The van der Waals surface area contributed by atoms with Crippen LogP contribution in [0.15, 0.2) is 36.4 Å². The number of carbonyl (C=O) groups is 2. The Kier molecular flexibility index (Phi) is 5.32. The van der Waals surface area contributed by atoms with Gasteiger partial charge in [0.1, 0.15) is 0 Å². The highest BCUT2D eigenvalue weighted by atomic mass is 16.5. The van der Waals surface area contributed by atoms with Crippen LogP contribution in [0, 0.1) is 13.8 Å². The van der Waals surface area contributed by atoms with Crippen molar-refractivity contribution >= 4 is 11.8 Å². The largest absolute Gasteiger partial charge is 0.457 e. The number of fused-ring (bicyclic) bond motifs is 1. The van der Waals surface area contributed by atoms with Crippen LogP contribution in [-0.2, 0) is 28.8 Å². The van der Waals surface area contributed by atoms with Crippen LogP contribution in [0.3, 0.4) is 0 Å². The van der Waals surface area contributed by atoms with Crippen molar-refractivity contribution in [3.8, 4) is 0 Å². The van der Waals surface area contributed by atoms with E-state index >= 15 is 0 Å². The van der Waals surface area contributed by atoms with E-state index in [4.69, 9.17) is 4.74 Å². The Morgan fingerprint density at radius 2 is 1.68 bits per heavy atom. The van der Waals surface area contributed by atoms with Gasteiger partial charge in [0, 0.05) is 5.56 Å². The molecule has 130 valence electrons. The fraction of sp³-hybridized carbons (Fsp3) is 0.364. The van der Waals surface area contributed by atoms with Gasteiger partial charge in [0.05, 0.1) is 6.42 Å². The van der Waals surface area contributed by atoms with Gasteiger partial charge in [-0.3, -0.25) is 9.59 Å². The van der Waals surface area contributed by atoms with Gasteiger partial charge in [-0.2, -0.15) is 0 Å². The zero-order valence-electron chi connectivity index (χ0n) is 14.9. The first kappa shape index (κ1) is 17.4. The van der Waals surface area contributed by atoms with E-state index in [-0.39, 0.29) is 24.8 Å². The van der Waals surface area contributed by atoms with Crippen molar-refractivity contribution < 1.29 is 14.3 Å². The van der Waals surface area contributed by atoms with Crippen molar-refractivity contribution in [2.24, 2.45) is 0 Å². The highest BCUT2D eigenvalue weighted by Gasteiger charge is 2.15. The van der Waals surface area contributed by atoms with Crippen LogP contribution in [0.25, 0.3) is 0 Å².